The van der Waals surface area contributed by atoms with Crippen LogP contribution in [-0.2, 0) is 6.42 Å². The second-order valence-corrected chi connectivity index (χ2v) is 6.63. The van der Waals surface area contributed by atoms with Crippen LogP contribution in [0.5, 0.6) is 0 Å². The standard InChI is InChI=1S/C17H22N4O2S/c1-4-7-14-20-21-17(24-14)16(23)19-13-9-6-8-12(10-13)15(22)18-11(3)5-2/h6,8-11H,4-5,7H2,1-3H3,(H,18,22)(H,19,23)/t11-/m0/s1. The summed E-state index contributed by atoms with van der Waals surface area (Å²) in [4.78, 5) is 24.4. The van der Waals surface area contributed by atoms with Crippen molar-refractivity contribution in [3.05, 3.63) is 39.8 Å². The Morgan fingerprint density at radius 1 is 1.21 bits per heavy atom. The highest BCUT2D eigenvalue weighted by Gasteiger charge is 2.14. The van der Waals surface area contributed by atoms with Crippen LogP contribution in [0.15, 0.2) is 24.3 Å². The largest absolute Gasteiger partial charge is 0.350 e. The number of benzene rings is 1. The molecular weight excluding hydrogens is 324 g/mol. The third kappa shape index (κ3) is 4.86. The van der Waals surface area contributed by atoms with E-state index in [2.05, 4.69) is 27.8 Å². The van der Waals surface area contributed by atoms with Gasteiger partial charge in [0.2, 0.25) is 5.01 Å². The van der Waals surface area contributed by atoms with E-state index in [-0.39, 0.29) is 17.9 Å². The van der Waals surface area contributed by atoms with Crippen LogP contribution in [0.3, 0.4) is 0 Å². The molecule has 1 aromatic carbocycles. The summed E-state index contributed by atoms with van der Waals surface area (Å²) in [5, 5.41) is 14.8. The zero-order valence-electron chi connectivity index (χ0n) is 14.1. The first-order valence-electron chi connectivity index (χ1n) is 8.08. The minimum absolute atomic E-state index is 0.106. The van der Waals surface area contributed by atoms with Crippen LogP contribution in [0.1, 0.15) is 58.8 Å². The van der Waals surface area contributed by atoms with Crippen molar-refractivity contribution in [1.82, 2.24) is 15.5 Å². The Morgan fingerprint density at radius 3 is 2.71 bits per heavy atom. The van der Waals surface area contributed by atoms with Crippen LogP contribution in [0.25, 0.3) is 0 Å². The predicted molar refractivity (Wildman–Crippen MR) is 95.5 cm³/mol. The van der Waals surface area contributed by atoms with Crippen molar-refractivity contribution >= 4 is 28.8 Å². The lowest BCUT2D eigenvalue weighted by Gasteiger charge is -2.12. The summed E-state index contributed by atoms with van der Waals surface area (Å²) < 4.78 is 0. The van der Waals surface area contributed by atoms with Gasteiger partial charge in [-0.05, 0) is 38.0 Å². The summed E-state index contributed by atoms with van der Waals surface area (Å²) in [6.07, 6.45) is 2.64. The van der Waals surface area contributed by atoms with E-state index in [1.807, 2.05) is 13.8 Å². The van der Waals surface area contributed by atoms with Crippen LogP contribution in [0.2, 0.25) is 0 Å². The molecule has 2 N–H and O–H groups in total. The lowest BCUT2D eigenvalue weighted by molar-refractivity contribution is 0.0938. The Hall–Kier alpha value is -2.28. The molecule has 24 heavy (non-hydrogen) atoms. The summed E-state index contributed by atoms with van der Waals surface area (Å²) >= 11 is 1.29. The van der Waals surface area contributed by atoms with Gasteiger partial charge in [0, 0.05) is 23.7 Å². The lowest BCUT2D eigenvalue weighted by atomic mass is 10.1. The number of carbonyl (C=O) groups is 2. The Bertz CT molecular complexity index is 714. The van der Waals surface area contributed by atoms with Gasteiger partial charge >= 0.3 is 0 Å². The first-order valence-corrected chi connectivity index (χ1v) is 8.89. The molecule has 0 saturated heterocycles. The molecule has 0 unspecified atom stereocenters. The predicted octanol–water partition coefficient (Wildman–Crippen LogP) is 3.27. The molecule has 0 fully saturated rings. The van der Waals surface area contributed by atoms with Gasteiger partial charge in [-0.1, -0.05) is 31.3 Å². The lowest BCUT2D eigenvalue weighted by Crippen LogP contribution is -2.31. The van der Waals surface area contributed by atoms with Gasteiger partial charge in [-0.3, -0.25) is 9.59 Å². The monoisotopic (exact) mass is 346 g/mol. The number of amides is 2. The van der Waals surface area contributed by atoms with Gasteiger partial charge in [-0.2, -0.15) is 0 Å². The molecule has 0 aliphatic carbocycles. The third-order valence-electron chi connectivity index (χ3n) is 3.50. The molecule has 6 nitrogen and oxygen atoms in total. The van der Waals surface area contributed by atoms with Gasteiger partial charge in [0.1, 0.15) is 5.01 Å². The van der Waals surface area contributed by atoms with Crippen molar-refractivity contribution < 1.29 is 9.59 Å². The van der Waals surface area contributed by atoms with Crippen LogP contribution in [0, 0.1) is 0 Å². The topological polar surface area (TPSA) is 84.0 Å². The maximum atomic E-state index is 12.2. The van der Waals surface area contributed by atoms with Gasteiger partial charge in [-0.15, -0.1) is 10.2 Å². The fourth-order valence-electron chi connectivity index (χ4n) is 1.99. The maximum absolute atomic E-state index is 12.2. The molecule has 0 aliphatic heterocycles. The summed E-state index contributed by atoms with van der Waals surface area (Å²) in [5.41, 5.74) is 1.07. The molecule has 0 saturated carbocycles. The quantitative estimate of drug-likeness (QED) is 0.806. The Kier molecular flexibility index (Phi) is 6.43. The second kappa shape index (κ2) is 8.54. The van der Waals surface area contributed by atoms with Crippen molar-refractivity contribution in [3.63, 3.8) is 0 Å². The molecule has 0 spiro atoms. The molecule has 1 atom stereocenters. The smallest absolute Gasteiger partial charge is 0.286 e. The molecule has 7 heteroatoms. The normalized spacial score (nSPS) is 11.8. The third-order valence-corrected chi connectivity index (χ3v) is 4.48. The Balaban J connectivity index is 2.05. The summed E-state index contributed by atoms with van der Waals surface area (Å²) in [6.45, 7) is 6.01. The summed E-state index contributed by atoms with van der Waals surface area (Å²) in [5.74, 6) is -0.462. The molecule has 0 bridgehead atoms. The number of rotatable bonds is 7. The average Bonchev–Trinajstić information content (AvgIpc) is 3.04. The first kappa shape index (κ1) is 18.1. The van der Waals surface area contributed by atoms with E-state index in [0.29, 0.717) is 16.3 Å². The SMILES string of the molecule is CCCc1nnc(C(=O)Nc2cccc(C(=O)N[C@@H](C)CC)c2)s1. The number of carbonyl (C=O) groups excluding carboxylic acids is 2. The Labute approximate surface area is 145 Å². The van der Waals surface area contributed by atoms with Crippen LogP contribution >= 0.6 is 11.3 Å². The molecule has 0 radical (unpaired) electrons. The van der Waals surface area contributed by atoms with Crippen molar-refractivity contribution in [2.24, 2.45) is 0 Å². The van der Waals surface area contributed by atoms with E-state index in [4.69, 9.17) is 0 Å². The average molecular weight is 346 g/mol. The molecule has 2 rings (SSSR count). The molecule has 1 heterocycles. The van der Waals surface area contributed by atoms with Crippen LogP contribution in [0.4, 0.5) is 5.69 Å². The molecule has 1 aromatic heterocycles. The zero-order valence-corrected chi connectivity index (χ0v) is 14.9. The van der Waals surface area contributed by atoms with Crippen LogP contribution in [-0.4, -0.2) is 28.1 Å². The van der Waals surface area contributed by atoms with E-state index in [0.717, 1.165) is 24.3 Å². The number of aryl methyl sites for hydroxylation is 1. The van der Waals surface area contributed by atoms with Gasteiger partial charge in [0.25, 0.3) is 11.8 Å². The van der Waals surface area contributed by atoms with Crippen LogP contribution < -0.4 is 10.6 Å². The first-order chi connectivity index (χ1) is 11.5. The zero-order chi connectivity index (χ0) is 17.5. The van der Waals surface area contributed by atoms with E-state index in [1.165, 1.54) is 11.3 Å². The number of nitrogens with one attached hydrogen (secondary N) is 2. The van der Waals surface area contributed by atoms with Gasteiger partial charge in [-0.25, -0.2) is 0 Å². The van der Waals surface area contributed by atoms with Crippen molar-refractivity contribution in [2.45, 2.75) is 46.1 Å². The summed E-state index contributed by atoms with van der Waals surface area (Å²) in [7, 11) is 0. The highest BCUT2D eigenvalue weighted by molar-refractivity contribution is 7.13. The van der Waals surface area contributed by atoms with E-state index >= 15 is 0 Å². The van der Waals surface area contributed by atoms with E-state index < -0.39 is 0 Å². The number of hydrogen-bond acceptors (Lipinski definition) is 5. The van der Waals surface area contributed by atoms with Crippen molar-refractivity contribution in [2.75, 3.05) is 5.32 Å². The van der Waals surface area contributed by atoms with E-state index in [1.54, 1.807) is 24.3 Å². The fourth-order valence-corrected chi connectivity index (χ4v) is 2.83. The van der Waals surface area contributed by atoms with E-state index in [9.17, 15) is 9.59 Å². The minimum atomic E-state index is -0.311. The second-order valence-electron chi connectivity index (χ2n) is 5.57. The molecular formula is C17H22N4O2S. The number of anilines is 1. The number of aromatic nitrogens is 2. The minimum Gasteiger partial charge on any atom is -0.350 e. The number of nitrogens with zero attached hydrogens (tertiary/aromatic N) is 2. The molecule has 2 aromatic rings. The molecule has 128 valence electrons. The highest BCUT2D eigenvalue weighted by Crippen LogP contribution is 2.16. The number of hydrogen-bond donors (Lipinski definition) is 2. The molecule has 0 aliphatic rings. The van der Waals surface area contributed by atoms with Crippen molar-refractivity contribution in [3.8, 4) is 0 Å². The molecule has 2 amide bonds. The van der Waals surface area contributed by atoms with Crippen molar-refractivity contribution in [1.29, 1.82) is 0 Å². The van der Waals surface area contributed by atoms with Gasteiger partial charge < -0.3 is 10.6 Å². The highest BCUT2D eigenvalue weighted by atomic mass is 32.1. The van der Waals surface area contributed by atoms with Gasteiger partial charge in [0.05, 0.1) is 0 Å². The Morgan fingerprint density at radius 2 is 2.00 bits per heavy atom. The summed E-state index contributed by atoms with van der Waals surface area (Å²) in [6, 6.07) is 6.96. The van der Waals surface area contributed by atoms with Gasteiger partial charge in [0.15, 0.2) is 0 Å². The maximum Gasteiger partial charge on any atom is 0.286 e. The fraction of sp³-hybridized carbons (Fsp3) is 0.412.